The van der Waals surface area contributed by atoms with Crippen LogP contribution in [0.4, 0.5) is 5.69 Å². The second-order valence-corrected chi connectivity index (χ2v) is 6.71. The molecule has 1 atom stereocenters. The van der Waals surface area contributed by atoms with Crippen LogP contribution in [0.15, 0.2) is 48.6 Å². The molecular weight excluding hydrogens is 330 g/mol. The number of rotatable bonds is 3. The summed E-state index contributed by atoms with van der Waals surface area (Å²) in [6, 6.07) is 11.7. The Morgan fingerprint density at radius 2 is 1.85 bits per heavy atom. The number of allylic oxidation sites excluding steroid dienone is 1. The zero-order chi connectivity index (χ0) is 17.7. The molecule has 26 heavy (non-hydrogen) atoms. The standard InChI is InChI=1S/C21H19NO4/c1-2-3-6-9-22-16-8-5-4-7-14(16)21(20(22)23)12-24-17-11-19-18(10-15(17)21)25-13-26-19/h3-8,10-11H,2,9,12-13H2,1H3/b6-3+. The Balaban J connectivity index is 1.67. The maximum absolute atomic E-state index is 13.6. The lowest BCUT2D eigenvalue weighted by Crippen LogP contribution is -2.42. The van der Waals surface area contributed by atoms with E-state index in [1.54, 1.807) is 0 Å². The van der Waals surface area contributed by atoms with Crippen LogP contribution in [0.25, 0.3) is 0 Å². The fourth-order valence-corrected chi connectivity index (χ4v) is 4.09. The van der Waals surface area contributed by atoms with E-state index in [2.05, 4.69) is 13.0 Å². The SMILES string of the molecule is CC/C=C/CN1C(=O)C2(COc3cc4c(cc32)OCO4)c2ccccc21. The Bertz CT molecular complexity index is 936. The smallest absolute Gasteiger partial charge is 0.246 e. The largest absolute Gasteiger partial charge is 0.491 e. The minimum atomic E-state index is -0.813. The van der Waals surface area contributed by atoms with Crippen molar-refractivity contribution in [3.05, 3.63) is 59.7 Å². The lowest BCUT2D eigenvalue weighted by atomic mass is 9.77. The summed E-state index contributed by atoms with van der Waals surface area (Å²) in [6.45, 7) is 3.14. The number of benzene rings is 2. The van der Waals surface area contributed by atoms with Gasteiger partial charge in [0.15, 0.2) is 11.5 Å². The van der Waals surface area contributed by atoms with E-state index in [1.165, 1.54) is 0 Å². The molecule has 132 valence electrons. The van der Waals surface area contributed by atoms with E-state index in [9.17, 15) is 4.79 Å². The Hall–Kier alpha value is -2.95. The summed E-state index contributed by atoms with van der Waals surface area (Å²) in [4.78, 5) is 15.4. The Kier molecular flexibility index (Phi) is 3.26. The third kappa shape index (κ3) is 1.88. The average molecular weight is 349 g/mol. The van der Waals surface area contributed by atoms with Gasteiger partial charge in [0.25, 0.3) is 0 Å². The van der Waals surface area contributed by atoms with Gasteiger partial charge in [-0.3, -0.25) is 4.79 Å². The van der Waals surface area contributed by atoms with Crippen LogP contribution in [0.5, 0.6) is 17.2 Å². The van der Waals surface area contributed by atoms with Crippen LogP contribution in [-0.4, -0.2) is 25.9 Å². The van der Waals surface area contributed by atoms with Crippen LogP contribution >= 0.6 is 0 Å². The summed E-state index contributed by atoms with van der Waals surface area (Å²) in [5.41, 5.74) is 1.99. The molecule has 5 rings (SSSR count). The van der Waals surface area contributed by atoms with Gasteiger partial charge >= 0.3 is 0 Å². The molecule has 5 heteroatoms. The topological polar surface area (TPSA) is 48.0 Å². The van der Waals surface area contributed by atoms with E-state index < -0.39 is 5.41 Å². The first-order valence-corrected chi connectivity index (χ1v) is 8.89. The van der Waals surface area contributed by atoms with Gasteiger partial charge in [-0.05, 0) is 24.1 Å². The van der Waals surface area contributed by atoms with Gasteiger partial charge in [-0.25, -0.2) is 0 Å². The molecule has 2 aromatic rings. The predicted octanol–water partition coefficient (Wildman–Crippen LogP) is 3.41. The second kappa shape index (κ2) is 5.53. The first-order chi connectivity index (χ1) is 12.8. The van der Waals surface area contributed by atoms with Crippen molar-refractivity contribution < 1.29 is 19.0 Å². The van der Waals surface area contributed by atoms with E-state index in [0.717, 1.165) is 23.2 Å². The zero-order valence-corrected chi connectivity index (χ0v) is 14.5. The minimum Gasteiger partial charge on any atom is -0.491 e. The molecule has 0 aliphatic carbocycles. The van der Waals surface area contributed by atoms with Crippen LogP contribution in [0.1, 0.15) is 24.5 Å². The number of para-hydroxylation sites is 1. The third-order valence-electron chi connectivity index (χ3n) is 5.33. The number of anilines is 1. The van der Waals surface area contributed by atoms with Gasteiger partial charge in [0.05, 0.1) is 0 Å². The molecule has 0 bridgehead atoms. The normalized spacial score (nSPS) is 22.2. The van der Waals surface area contributed by atoms with Crippen molar-refractivity contribution in [2.24, 2.45) is 0 Å². The lowest BCUT2D eigenvalue weighted by molar-refractivity contribution is -0.122. The summed E-state index contributed by atoms with van der Waals surface area (Å²) in [5.74, 6) is 2.09. The van der Waals surface area contributed by atoms with Gasteiger partial charge < -0.3 is 19.1 Å². The number of nitrogens with zero attached hydrogens (tertiary/aromatic N) is 1. The molecule has 0 aromatic heterocycles. The van der Waals surface area contributed by atoms with Crippen LogP contribution < -0.4 is 19.1 Å². The molecular formula is C21H19NO4. The molecule has 2 aromatic carbocycles. The lowest BCUT2D eigenvalue weighted by Gasteiger charge is -2.22. The highest BCUT2D eigenvalue weighted by molar-refractivity contribution is 6.11. The molecule has 1 spiro atoms. The Morgan fingerprint density at radius 3 is 2.69 bits per heavy atom. The number of hydrogen-bond acceptors (Lipinski definition) is 4. The summed E-state index contributed by atoms with van der Waals surface area (Å²) < 4.78 is 17.0. The molecule has 0 fully saturated rings. The van der Waals surface area contributed by atoms with Crippen LogP contribution in [0.3, 0.4) is 0 Å². The van der Waals surface area contributed by atoms with Gasteiger partial charge in [0.1, 0.15) is 17.8 Å². The van der Waals surface area contributed by atoms with Crippen molar-refractivity contribution in [2.75, 3.05) is 24.8 Å². The van der Waals surface area contributed by atoms with Gasteiger partial charge in [-0.1, -0.05) is 37.3 Å². The maximum atomic E-state index is 13.6. The van der Waals surface area contributed by atoms with Crippen molar-refractivity contribution in [3.63, 3.8) is 0 Å². The maximum Gasteiger partial charge on any atom is 0.246 e. The quantitative estimate of drug-likeness (QED) is 0.797. The first-order valence-electron chi connectivity index (χ1n) is 8.89. The van der Waals surface area contributed by atoms with Crippen molar-refractivity contribution >= 4 is 11.6 Å². The molecule has 0 radical (unpaired) electrons. The predicted molar refractivity (Wildman–Crippen MR) is 97.1 cm³/mol. The number of hydrogen-bond donors (Lipinski definition) is 0. The zero-order valence-electron chi connectivity index (χ0n) is 14.5. The number of ether oxygens (including phenoxy) is 3. The third-order valence-corrected chi connectivity index (χ3v) is 5.33. The van der Waals surface area contributed by atoms with E-state index in [4.69, 9.17) is 14.2 Å². The van der Waals surface area contributed by atoms with E-state index in [-0.39, 0.29) is 12.7 Å². The van der Waals surface area contributed by atoms with Crippen LogP contribution in [0.2, 0.25) is 0 Å². The number of amides is 1. The minimum absolute atomic E-state index is 0.0528. The van der Waals surface area contributed by atoms with Crippen molar-refractivity contribution in [1.29, 1.82) is 0 Å². The first kappa shape index (κ1) is 15.3. The number of fused-ring (bicyclic) bond motifs is 5. The fourth-order valence-electron chi connectivity index (χ4n) is 4.09. The Morgan fingerprint density at radius 1 is 1.04 bits per heavy atom. The van der Waals surface area contributed by atoms with Crippen LogP contribution in [-0.2, 0) is 10.2 Å². The summed E-state index contributed by atoms with van der Waals surface area (Å²) in [7, 11) is 0. The van der Waals surface area contributed by atoms with E-state index >= 15 is 0 Å². The van der Waals surface area contributed by atoms with Crippen molar-refractivity contribution in [1.82, 2.24) is 0 Å². The molecule has 3 heterocycles. The molecule has 5 nitrogen and oxygen atoms in total. The van der Waals surface area contributed by atoms with Gasteiger partial charge in [-0.2, -0.15) is 0 Å². The number of carbonyl (C=O) groups excluding carboxylic acids is 1. The molecule has 0 N–H and O–H groups in total. The van der Waals surface area contributed by atoms with E-state index in [1.807, 2.05) is 47.4 Å². The van der Waals surface area contributed by atoms with Gasteiger partial charge in [-0.15, -0.1) is 0 Å². The molecule has 1 unspecified atom stereocenters. The average Bonchev–Trinajstić information content (AvgIpc) is 3.33. The van der Waals surface area contributed by atoms with Gasteiger partial charge in [0, 0.05) is 23.9 Å². The van der Waals surface area contributed by atoms with Gasteiger partial charge in [0.2, 0.25) is 12.7 Å². The molecule has 3 aliphatic rings. The summed E-state index contributed by atoms with van der Waals surface area (Å²) >= 11 is 0. The second-order valence-electron chi connectivity index (χ2n) is 6.71. The van der Waals surface area contributed by atoms with Crippen molar-refractivity contribution in [3.8, 4) is 17.2 Å². The Labute approximate surface area is 151 Å². The fraction of sp³-hybridized carbons (Fsp3) is 0.286. The molecule has 1 amide bonds. The highest BCUT2D eigenvalue weighted by Gasteiger charge is 2.57. The number of carbonyl (C=O) groups is 1. The summed E-state index contributed by atoms with van der Waals surface area (Å²) in [6.07, 6.45) is 5.08. The molecule has 0 saturated heterocycles. The highest BCUT2D eigenvalue weighted by Crippen LogP contribution is 2.54. The highest BCUT2D eigenvalue weighted by atomic mass is 16.7. The van der Waals surface area contributed by atoms with Crippen molar-refractivity contribution in [2.45, 2.75) is 18.8 Å². The molecule has 3 aliphatic heterocycles. The van der Waals surface area contributed by atoms with E-state index in [0.29, 0.717) is 30.4 Å². The van der Waals surface area contributed by atoms with Crippen LogP contribution in [0, 0.1) is 0 Å². The monoisotopic (exact) mass is 349 g/mol. The summed E-state index contributed by atoms with van der Waals surface area (Å²) in [5, 5.41) is 0. The molecule has 0 saturated carbocycles.